The van der Waals surface area contributed by atoms with Crippen LogP contribution < -0.4 is 0 Å². The van der Waals surface area contributed by atoms with Crippen LogP contribution in [0.3, 0.4) is 0 Å². The van der Waals surface area contributed by atoms with E-state index >= 15 is 0 Å². The maximum absolute atomic E-state index is 12.5. The van der Waals surface area contributed by atoms with E-state index in [0.717, 1.165) is 6.54 Å². The van der Waals surface area contributed by atoms with Crippen LogP contribution in [0.15, 0.2) is 0 Å². The van der Waals surface area contributed by atoms with Gasteiger partial charge in [0.15, 0.2) is 0 Å². The number of likely N-dealkylation sites (tertiary alicyclic amines) is 1. The average Bonchev–Trinajstić information content (AvgIpc) is 2.13. The Morgan fingerprint density at radius 2 is 2.50 bits per heavy atom. The smallest absolute Gasteiger partial charge is 0.143 e. The molecule has 1 atom stereocenters. The molecule has 0 aromatic carbocycles. The zero-order valence-corrected chi connectivity index (χ0v) is 6.14. The lowest BCUT2D eigenvalue weighted by Crippen LogP contribution is -2.26. The number of hydrogen-bond acceptors (Lipinski definition) is 2. The van der Waals surface area contributed by atoms with Crippen molar-refractivity contribution in [3.63, 3.8) is 0 Å². The summed E-state index contributed by atoms with van der Waals surface area (Å²) >= 11 is 0. The molecule has 0 N–H and O–H groups in total. The highest BCUT2D eigenvalue weighted by atomic mass is 19.1. The number of carbonyl (C=O) groups excluding carboxylic acids is 1. The molecule has 0 radical (unpaired) electrons. The van der Waals surface area contributed by atoms with E-state index < -0.39 is 6.17 Å². The third-order valence-corrected chi connectivity index (χ3v) is 1.66. The van der Waals surface area contributed by atoms with Crippen LogP contribution in [-0.2, 0) is 4.79 Å². The summed E-state index contributed by atoms with van der Waals surface area (Å²) in [6.45, 7) is 3.13. The SMILES string of the molecule is CC(=O)CN1CC[C@H](F)C1. The van der Waals surface area contributed by atoms with Gasteiger partial charge in [0, 0.05) is 13.1 Å². The van der Waals surface area contributed by atoms with Gasteiger partial charge >= 0.3 is 0 Å². The van der Waals surface area contributed by atoms with E-state index in [4.69, 9.17) is 0 Å². The van der Waals surface area contributed by atoms with Crippen molar-refractivity contribution in [1.29, 1.82) is 0 Å². The first-order valence-corrected chi connectivity index (χ1v) is 3.54. The molecule has 3 heteroatoms. The molecule has 0 spiro atoms. The number of ketones is 1. The van der Waals surface area contributed by atoms with Gasteiger partial charge in [0.25, 0.3) is 0 Å². The Kier molecular flexibility index (Phi) is 2.38. The third kappa shape index (κ3) is 2.06. The van der Waals surface area contributed by atoms with Gasteiger partial charge in [-0.05, 0) is 13.3 Å². The van der Waals surface area contributed by atoms with Gasteiger partial charge < -0.3 is 0 Å². The highest BCUT2D eigenvalue weighted by Gasteiger charge is 2.21. The van der Waals surface area contributed by atoms with Crippen molar-refractivity contribution < 1.29 is 9.18 Å². The quantitative estimate of drug-likeness (QED) is 0.567. The van der Waals surface area contributed by atoms with Crippen LogP contribution in [0.25, 0.3) is 0 Å². The topological polar surface area (TPSA) is 20.3 Å². The zero-order valence-electron chi connectivity index (χ0n) is 6.14. The summed E-state index contributed by atoms with van der Waals surface area (Å²) in [7, 11) is 0. The van der Waals surface area contributed by atoms with Crippen molar-refractivity contribution in [3.05, 3.63) is 0 Å². The molecule has 58 valence electrons. The normalized spacial score (nSPS) is 27.2. The largest absolute Gasteiger partial charge is 0.299 e. The fourth-order valence-electron chi connectivity index (χ4n) is 1.24. The number of Topliss-reactive ketones (excluding diaryl/α,β-unsaturated/α-hetero) is 1. The van der Waals surface area contributed by atoms with E-state index in [2.05, 4.69) is 0 Å². The molecule has 0 aromatic heterocycles. The summed E-state index contributed by atoms with van der Waals surface area (Å²) < 4.78 is 12.5. The Balaban J connectivity index is 2.24. The number of hydrogen-bond donors (Lipinski definition) is 0. The summed E-state index contributed by atoms with van der Waals surface area (Å²) in [6.07, 6.45) is -0.118. The van der Waals surface area contributed by atoms with Crippen molar-refractivity contribution in [1.82, 2.24) is 4.90 Å². The summed E-state index contributed by atoms with van der Waals surface area (Å²) in [5.41, 5.74) is 0. The Hall–Kier alpha value is -0.440. The minimum atomic E-state index is -0.709. The van der Waals surface area contributed by atoms with Crippen LogP contribution in [-0.4, -0.2) is 36.5 Å². The molecule has 2 nitrogen and oxygen atoms in total. The van der Waals surface area contributed by atoms with Crippen molar-refractivity contribution >= 4 is 5.78 Å². The van der Waals surface area contributed by atoms with Crippen molar-refractivity contribution in [2.24, 2.45) is 0 Å². The van der Waals surface area contributed by atoms with Gasteiger partial charge in [-0.1, -0.05) is 0 Å². The zero-order chi connectivity index (χ0) is 7.56. The highest BCUT2D eigenvalue weighted by molar-refractivity contribution is 5.77. The molecule has 10 heavy (non-hydrogen) atoms. The highest BCUT2D eigenvalue weighted by Crippen LogP contribution is 2.10. The molecule has 0 aliphatic carbocycles. The molecule has 1 heterocycles. The van der Waals surface area contributed by atoms with Gasteiger partial charge in [-0.2, -0.15) is 0 Å². The lowest BCUT2D eigenvalue weighted by Gasteiger charge is -2.10. The van der Waals surface area contributed by atoms with Crippen LogP contribution in [0.4, 0.5) is 4.39 Å². The first-order valence-electron chi connectivity index (χ1n) is 3.54. The summed E-state index contributed by atoms with van der Waals surface area (Å²) in [4.78, 5) is 12.4. The van der Waals surface area contributed by atoms with Gasteiger partial charge in [-0.15, -0.1) is 0 Å². The van der Waals surface area contributed by atoms with Crippen molar-refractivity contribution in [2.75, 3.05) is 19.6 Å². The first-order chi connectivity index (χ1) is 4.68. The van der Waals surface area contributed by atoms with Gasteiger partial charge in [-0.3, -0.25) is 9.69 Å². The Morgan fingerprint density at radius 3 is 2.90 bits per heavy atom. The predicted molar refractivity (Wildman–Crippen MR) is 36.6 cm³/mol. The van der Waals surface area contributed by atoms with E-state index in [1.807, 2.05) is 4.90 Å². The van der Waals surface area contributed by atoms with Gasteiger partial charge in [0.1, 0.15) is 12.0 Å². The second kappa shape index (κ2) is 3.10. The molecule has 1 aliphatic rings. The van der Waals surface area contributed by atoms with E-state index in [-0.39, 0.29) is 5.78 Å². The number of carbonyl (C=O) groups is 1. The van der Waals surface area contributed by atoms with E-state index in [9.17, 15) is 9.18 Å². The van der Waals surface area contributed by atoms with Crippen LogP contribution in [0, 0.1) is 0 Å². The fraction of sp³-hybridized carbons (Fsp3) is 0.857. The molecule has 0 aromatic rings. The minimum Gasteiger partial charge on any atom is -0.299 e. The van der Waals surface area contributed by atoms with Crippen LogP contribution in [0.2, 0.25) is 0 Å². The van der Waals surface area contributed by atoms with Gasteiger partial charge in [0.05, 0.1) is 6.54 Å². The van der Waals surface area contributed by atoms with Crippen LogP contribution in [0.5, 0.6) is 0 Å². The second-order valence-electron chi connectivity index (χ2n) is 2.82. The Labute approximate surface area is 60.0 Å². The molecular formula is C7H12FNO. The fourth-order valence-corrected chi connectivity index (χ4v) is 1.24. The Morgan fingerprint density at radius 1 is 1.80 bits per heavy atom. The van der Waals surface area contributed by atoms with E-state index in [0.29, 0.717) is 19.5 Å². The molecule has 1 fully saturated rings. The average molecular weight is 145 g/mol. The maximum Gasteiger partial charge on any atom is 0.143 e. The van der Waals surface area contributed by atoms with Crippen molar-refractivity contribution in [2.45, 2.75) is 19.5 Å². The standard InChI is InChI=1S/C7H12FNO/c1-6(10)4-9-3-2-7(8)5-9/h7H,2-5H2,1H3/t7-/m0/s1. The number of nitrogens with zero attached hydrogens (tertiary/aromatic N) is 1. The third-order valence-electron chi connectivity index (χ3n) is 1.66. The molecule has 1 aliphatic heterocycles. The predicted octanol–water partition coefficient (Wildman–Crippen LogP) is 0.619. The molecule has 1 rings (SSSR count). The minimum absolute atomic E-state index is 0.120. The lowest BCUT2D eigenvalue weighted by atomic mass is 10.3. The molecule has 1 saturated heterocycles. The second-order valence-corrected chi connectivity index (χ2v) is 2.82. The lowest BCUT2D eigenvalue weighted by molar-refractivity contribution is -0.117. The van der Waals surface area contributed by atoms with E-state index in [1.54, 1.807) is 0 Å². The van der Waals surface area contributed by atoms with Crippen LogP contribution in [0.1, 0.15) is 13.3 Å². The summed E-state index contributed by atoms with van der Waals surface area (Å²) in [5.74, 6) is 0.120. The number of alkyl halides is 1. The Bertz CT molecular complexity index is 138. The number of rotatable bonds is 2. The van der Waals surface area contributed by atoms with Crippen molar-refractivity contribution in [3.8, 4) is 0 Å². The summed E-state index contributed by atoms with van der Waals surface area (Å²) in [5, 5.41) is 0. The monoisotopic (exact) mass is 145 g/mol. The molecule has 0 unspecified atom stereocenters. The molecule has 0 amide bonds. The van der Waals surface area contributed by atoms with E-state index in [1.165, 1.54) is 6.92 Å². The van der Waals surface area contributed by atoms with Crippen LogP contribution >= 0.6 is 0 Å². The van der Waals surface area contributed by atoms with Gasteiger partial charge in [0.2, 0.25) is 0 Å². The molecule has 0 saturated carbocycles. The first kappa shape index (κ1) is 7.66. The molecule has 0 bridgehead atoms. The number of halogens is 1. The summed E-state index contributed by atoms with van der Waals surface area (Å²) in [6, 6.07) is 0. The maximum atomic E-state index is 12.5. The van der Waals surface area contributed by atoms with Gasteiger partial charge in [-0.25, -0.2) is 4.39 Å². The molecular weight excluding hydrogens is 133 g/mol.